The van der Waals surface area contributed by atoms with Crippen molar-refractivity contribution in [1.29, 1.82) is 0 Å². The second-order valence-electron chi connectivity index (χ2n) is 4.47. The smallest absolute Gasteiger partial charge is 0.375 e. The lowest BCUT2D eigenvalue weighted by molar-refractivity contribution is -0.362. The number of halogens is 8. The summed E-state index contributed by atoms with van der Waals surface area (Å²) in [5, 5.41) is 0. The Kier molecular flexibility index (Phi) is 5.24. The molecule has 0 aromatic rings. The molecular weight excluding hydrogens is 288 g/mol. The summed E-state index contributed by atoms with van der Waals surface area (Å²) in [7, 11) is 0. The molecule has 0 spiro atoms. The molecule has 19 heavy (non-hydrogen) atoms. The number of ether oxygens (including phenoxy) is 1. The quantitative estimate of drug-likeness (QED) is 0.645. The highest BCUT2D eigenvalue weighted by molar-refractivity contribution is 5.04. The molecule has 0 aliphatic heterocycles. The Morgan fingerprint density at radius 2 is 1.32 bits per heavy atom. The van der Waals surface area contributed by atoms with Crippen molar-refractivity contribution in [3.05, 3.63) is 6.92 Å². The zero-order valence-electron chi connectivity index (χ0n) is 10.1. The summed E-state index contributed by atoms with van der Waals surface area (Å²) in [4.78, 5) is 0. The number of hydrogen-bond donors (Lipinski definition) is 0. The normalized spacial score (nSPS) is 15.2. The lowest BCUT2D eigenvalue weighted by Crippen LogP contribution is -2.62. The van der Waals surface area contributed by atoms with Crippen LogP contribution in [0.1, 0.15) is 13.8 Å². The molecule has 0 atom stereocenters. The highest BCUT2D eigenvalue weighted by Gasteiger charge is 2.79. The van der Waals surface area contributed by atoms with Gasteiger partial charge in [-0.05, 0) is 5.92 Å². The van der Waals surface area contributed by atoms with Gasteiger partial charge >= 0.3 is 23.7 Å². The minimum atomic E-state index is -6.30. The molecular formula is C10H13F8O. The third kappa shape index (κ3) is 3.70. The molecule has 0 amide bonds. The largest absolute Gasteiger partial charge is 0.380 e. The fourth-order valence-corrected chi connectivity index (χ4v) is 0.973. The summed E-state index contributed by atoms with van der Waals surface area (Å²) >= 11 is 0. The summed E-state index contributed by atoms with van der Waals surface area (Å²) in [6.07, 6.45) is 0. The Morgan fingerprint density at radius 1 is 0.895 bits per heavy atom. The highest BCUT2D eigenvalue weighted by Crippen LogP contribution is 2.52. The van der Waals surface area contributed by atoms with E-state index in [0.29, 0.717) is 0 Å². The van der Waals surface area contributed by atoms with Gasteiger partial charge in [-0.1, -0.05) is 13.8 Å². The van der Waals surface area contributed by atoms with Gasteiger partial charge in [0.2, 0.25) is 0 Å². The van der Waals surface area contributed by atoms with Crippen LogP contribution < -0.4 is 0 Å². The second-order valence-corrected chi connectivity index (χ2v) is 4.47. The Bertz CT molecular complexity index is 294. The molecule has 1 nitrogen and oxygen atoms in total. The lowest BCUT2D eigenvalue weighted by Gasteiger charge is -2.35. The molecule has 0 aromatic carbocycles. The fourth-order valence-electron chi connectivity index (χ4n) is 0.973. The minimum absolute atomic E-state index is 0.320. The molecule has 0 rings (SSSR count). The van der Waals surface area contributed by atoms with Crippen molar-refractivity contribution in [1.82, 2.24) is 0 Å². The Labute approximate surface area is 104 Å². The maximum absolute atomic E-state index is 13.0. The first-order chi connectivity index (χ1) is 8.17. The molecule has 1 radical (unpaired) electrons. The number of rotatable bonds is 7. The van der Waals surface area contributed by atoms with Gasteiger partial charge in [0, 0.05) is 13.5 Å². The number of alkyl halides is 8. The molecule has 115 valence electrons. The molecule has 0 saturated heterocycles. The van der Waals surface area contributed by atoms with Gasteiger partial charge in [-0.25, -0.2) is 0 Å². The molecule has 0 aromatic heterocycles. The summed E-state index contributed by atoms with van der Waals surface area (Å²) in [6.45, 7) is 1.98. The Hall–Kier alpha value is -0.600. The summed E-state index contributed by atoms with van der Waals surface area (Å²) in [5.41, 5.74) is 0. The summed E-state index contributed by atoms with van der Waals surface area (Å²) in [5.74, 6) is -23.9. The molecule has 0 N–H and O–H groups in total. The second kappa shape index (κ2) is 5.41. The zero-order chi connectivity index (χ0) is 15.7. The van der Waals surface area contributed by atoms with E-state index in [4.69, 9.17) is 0 Å². The predicted octanol–water partition coefficient (Wildman–Crippen LogP) is 4.03. The van der Waals surface area contributed by atoms with Crippen LogP contribution in [0.3, 0.4) is 0 Å². The van der Waals surface area contributed by atoms with Crippen molar-refractivity contribution >= 4 is 0 Å². The van der Waals surface area contributed by atoms with Crippen LogP contribution in [-0.4, -0.2) is 36.9 Å². The third-order valence-corrected chi connectivity index (χ3v) is 2.05. The molecule has 0 unspecified atom stereocenters. The zero-order valence-corrected chi connectivity index (χ0v) is 10.1. The average Bonchev–Trinajstić information content (AvgIpc) is 2.14. The van der Waals surface area contributed by atoms with E-state index in [0.717, 1.165) is 0 Å². The van der Waals surface area contributed by atoms with Gasteiger partial charge < -0.3 is 4.74 Å². The molecule has 0 aliphatic carbocycles. The monoisotopic (exact) mass is 301 g/mol. The maximum Gasteiger partial charge on any atom is 0.380 e. The fraction of sp³-hybridized carbons (Fsp3) is 0.900. The van der Waals surface area contributed by atoms with Crippen molar-refractivity contribution in [3.8, 4) is 0 Å². The first-order valence-corrected chi connectivity index (χ1v) is 5.11. The topological polar surface area (TPSA) is 9.23 Å². The molecule has 0 heterocycles. The van der Waals surface area contributed by atoms with E-state index in [9.17, 15) is 35.1 Å². The van der Waals surface area contributed by atoms with Gasteiger partial charge in [-0.2, -0.15) is 35.1 Å². The van der Waals surface area contributed by atoms with Crippen molar-refractivity contribution < 1.29 is 39.9 Å². The van der Waals surface area contributed by atoms with E-state index in [1.165, 1.54) is 20.8 Å². The third-order valence-electron chi connectivity index (χ3n) is 2.05. The first kappa shape index (κ1) is 18.4. The molecule has 0 aliphatic rings. The Morgan fingerprint density at radius 3 is 1.63 bits per heavy atom. The first-order valence-electron chi connectivity index (χ1n) is 5.11. The lowest BCUT2D eigenvalue weighted by atomic mass is 10.00. The van der Waals surface area contributed by atoms with E-state index in [1.54, 1.807) is 0 Å². The Balaban J connectivity index is 5.06. The van der Waals surface area contributed by atoms with Crippen LogP contribution in [0, 0.1) is 12.8 Å². The van der Waals surface area contributed by atoms with Crippen molar-refractivity contribution in [2.24, 2.45) is 5.92 Å². The van der Waals surface area contributed by atoms with Crippen molar-refractivity contribution in [3.63, 3.8) is 0 Å². The van der Waals surface area contributed by atoms with E-state index >= 15 is 0 Å². The van der Waals surface area contributed by atoms with E-state index in [2.05, 4.69) is 4.74 Å². The van der Waals surface area contributed by atoms with Crippen LogP contribution in [0.2, 0.25) is 0 Å². The van der Waals surface area contributed by atoms with Gasteiger partial charge in [0.15, 0.2) is 0 Å². The van der Waals surface area contributed by atoms with Crippen LogP contribution >= 0.6 is 0 Å². The standard InChI is InChI=1S/C10H13F8O/c1-6(2)4-19-5-8(13,14)10(17,18)9(15,16)7(3,11)12/h6H,3-5H2,1-2H3. The summed E-state index contributed by atoms with van der Waals surface area (Å²) < 4.78 is 106. The average molecular weight is 301 g/mol. The van der Waals surface area contributed by atoms with Crippen molar-refractivity contribution in [2.75, 3.05) is 13.2 Å². The van der Waals surface area contributed by atoms with Gasteiger partial charge in [0.05, 0.1) is 0 Å². The van der Waals surface area contributed by atoms with Crippen LogP contribution in [0.25, 0.3) is 0 Å². The van der Waals surface area contributed by atoms with Gasteiger partial charge in [-0.3, -0.25) is 0 Å². The molecule has 0 saturated carbocycles. The molecule has 9 heteroatoms. The van der Waals surface area contributed by atoms with E-state index in [-0.39, 0.29) is 5.92 Å². The van der Waals surface area contributed by atoms with E-state index in [1.807, 2.05) is 0 Å². The highest BCUT2D eigenvalue weighted by atomic mass is 19.4. The maximum atomic E-state index is 13.0. The van der Waals surface area contributed by atoms with Crippen molar-refractivity contribution in [2.45, 2.75) is 37.5 Å². The van der Waals surface area contributed by atoms with Gasteiger partial charge in [0.1, 0.15) is 6.61 Å². The SMILES string of the molecule is [CH2]C(F)(F)C(F)(F)C(F)(F)C(F)(F)COCC(C)C. The van der Waals surface area contributed by atoms with E-state index < -0.39 is 36.9 Å². The van der Waals surface area contributed by atoms with Gasteiger partial charge in [0.25, 0.3) is 0 Å². The molecule has 0 fully saturated rings. The number of hydrogen-bond acceptors (Lipinski definition) is 1. The van der Waals surface area contributed by atoms with Crippen LogP contribution in [0.15, 0.2) is 0 Å². The summed E-state index contributed by atoms with van der Waals surface area (Å²) in [6, 6.07) is 0. The molecule has 0 bridgehead atoms. The van der Waals surface area contributed by atoms with Crippen LogP contribution in [-0.2, 0) is 4.74 Å². The predicted molar refractivity (Wildman–Crippen MR) is 50.8 cm³/mol. The van der Waals surface area contributed by atoms with Crippen LogP contribution in [0.4, 0.5) is 35.1 Å². The van der Waals surface area contributed by atoms with Gasteiger partial charge in [-0.15, -0.1) is 0 Å². The minimum Gasteiger partial charge on any atom is -0.375 e. The van der Waals surface area contributed by atoms with Crippen LogP contribution in [0.5, 0.6) is 0 Å².